The maximum atomic E-state index is 11.7. The lowest BCUT2D eigenvalue weighted by Crippen LogP contribution is -2.33. The summed E-state index contributed by atoms with van der Waals surface area (Å²) in [6, 6.07) is 0. The lowest BCUT2D eigenvalue weighted by atomic mass is 9.98. The molecule has 0 aromatic rings. The van der Waals surface area contributed by atoms with E-state index in [9.17, 15) is 14.7 Å². The first-order chi connectivity index (χ1) is 7.84. The summed E-state index contributed by atoms with van der Waals surface area (Å²) in [7, 11) is 0. The highest BCUT2D eigenvalue weighted by Gasteiger charge is 2.27. The first kappa shape index (κ1) is 16.1. The molecule has 0 bridgehead atoms. The van der Waals surface area contributed by atoms with Gasteiger partial charge in [-0.25, -0.2) is 0 Å². The zero-order valence-electron chi connectivity index (χ0n) is 11.4. The van der Waals surface area contributed by atoms with E-state index in [2.05, 4.69) is 0 Å². The fourth-order valence-electron chi connectivity index (χ4n) is 1.49. The standard InChI is InChI=1S/C13H24O4/c1-6-11(14)8(3)10(5)17-13(16)9(4)12(15)7-2/h8-10,12,15H,6-7H2,1-5H3/t8-,9+,10+,12+/m1/s1. The van der Waals surface area contributed by atoms with Crippen molar-refractivity contribution in [3.05, 3.63) is 0 Å². The average molecular weight is 244 g/mol. The van der Waals surface area contributed by atoms with Gasteiger partial charge < -0.3 is 9.84 Å². The second-order valence-corrected chi connectivity index (χ2v) is 4.51. The van der Waals surface area contributed by atoms with Gasteiger partial charge in [-0.3, -0.25) is 9.59 Å². The maximum Gasteiger partial charge on any atom is 0.311 e. The monoisotopic (exact) mass is 244 g/mol. The van der Waals surface area contributed by atoms with Crippen LogP contribution in [0.25, 0.3) is 0 Å². The molecule has 0 fully saturated rings. The van der Waals surface area contributed by atoms with E-state index in [-0.39, 0.29) is 11.7 Å². The highest BCUT2D eigenvalue weighted by Crippen LogP contribution is 2.15. The summed E-state index contributed by atoms with van der Waals surface area (Å²) in [5.74, 6) is -1.21. The van der Waals surface area contributed by atoms with Gasteiger partial charge >= 0.3 is 5.97 Å². The largest absolute Gasteiger partial charge is 0.462 e. The first-order valence-corrected chi connectivity index (χ1v) is 6.26. The number of aliphatic hydroxyl groups excluding tert-OH is 1. The van der Waals surface area contributed by atoms with Gasteiger partial charge in [-0.2, -0.15) is 0 Å². The minimum atomic E-state index is -0.688. The Hall–Kier alpha value is -0.900. The molecule has 0 saturated heterocycles. The molecule has 100 valence electrons. The molecular formula is C13H24O4. The lowest BCUT2D eigenvalue weighted by molar-refractivity contribution is -0.159. The molecule has 0 spiro atoms. The van der Waals surface area contributed by atoms with E-state index in [4.69, 9.17) is 4.74 Å². The quantitative estimate of drug-likeness (QED) is 0.695. The number of esters is 1. The summed E-state index contributed by atoms with van der Waals surface area (Å²) in [5.41, 5.74) is 0. The molecule has 0 amide bonds. The predicted octanol–water partition coefficient (Wildman–Crippen LogP) is 1.94. The fourth-order valence-corrected chi connectivity index (χ4v) is 1.49. The number of aliphatic hydroxyl groups is 1. The van der Waals surface area contributed by atoms with E-state index in [1.54, 1.807) is 34.6 Å². The van der Waals surface area contributed by atoms with Gasteiger partial charge in [0.15, 0.2) is 0 Å². The molecule has 0 rings (SSSR count). The molecule has 0 saturated carbocycles. The minimum Gasteiger partial charge on any atom is -0.462 e. The van der Waals surface area contributed by atoms with Gasteiger partial charge in [-0.15, -0.1) is 0 Å². The van der Waals surface area contributed by atoms with E-state index < -0.39 is 24.1 Å². The van der Waals surface area contributed by atoms with E-state index in [1.165, 1.54) is 0 Å². The summed E-state index contributed by atoms with van der Waals surface area (Å²) in [6.07, 6.45) is -0.182. The number of hydrogen-bond donors (Lipinski definition) is 1. The van der Waals surface area contributed by atoms with Crippen LogP contribution in [0, 0.1) is 11.8 Å². The topological polar surface area (TPSA) is 63.6 Å². The normalized spacial score (nSPS) is 18.0. The third-order valence-electron chi connectivity index (χ3n) is 3.23. The SMILES string of the molecule is CCC(=O)[C@H](C)[C@H](C)OC(=O)[C@@H](C)[C@@H](O)CC. The van der Waals surface area contributed by atoms with Crippen molar-refractivity contribution in [1.82, 2.24) is 0 Å². The van der Waals surface area contributed by atoms with Crippen LogP contribution in [0.3, 0.4) is 0 Å². The molecule has 0 aliphatic rings. The van der Waals surface area contributed by atoms with E-state index in [0.29, 0.717) is 12.8 Å². The van der Waals surface area contributed by atoms with Crippen LogP contribution in [0.4, 0.5) is 0 Å². The van der Waals surface area contributed by atoms with Crippen LogP contribution in [0.5, 0.6) is 0 Å². The van der Waals surface area contributed by atoms with Crippen LogP contribution < -0.4 is 0 Å². The smallest absolute Gasteiger partial charge is 0.311 e. The van der Waals surface area contributed by atoms with Crippen molar-refractivity contribution in [2.75, 3.05) is 0 Å². The molecule has 4 atom stereocenters. The Morgan fingerprint density at radius 2 is 1.65 bits per heavy atom. The van der Waals surface area contributed by atoms with Gasteiger partial charge in [0.05, 0.1) is 17.9 Å². The highest BCUT2D eigenvalue weighted by molar-refractivity contribution is 5.81. The summed E-state index contributed by atoms with van der Waals surface area (Å²) in [4.78, 5) is 23.1. The number of carbonyl (C=O) groups is 2. The van der Waals surface area contributed by atoms with E-state index in [1.807, 2.05) is 0 Å². The van der Waals surface area contributed by atoms with Crippen LogP contribution in [-0.4, -0.2) is 29.1 Å². The number of carbonyl (C=O) groups excluding carboxylic acids is 2. The second-order valence-electron chi connectivity index (χ2n) is 4.51. The summed E-state index contributed by atoms with van der Waals surface area (Å²) in [6.45, 7) is 8.69. The maximum absolute atomic E-state index is 11.7. The second kappa shape index (κ2) is 7.43. The van der Waals surface area contributed by atoms with Crippen molar-refractivity contribution >= 4 is 11.8 Å². The van der Waals surface area contributed by atoms with Gasteiger partial charge in [-0.1, -0.05) is 20.8 Å². The van der Waals surface area contributed by atoms with Crippen LogP contribution in [0.2, 0.25) is 0 Å². The molecule has 1 N–H and O–H groups in total. The third-order valence-corrected chi connectivity index (χ3v) is 3.23. The zero-order valence-corrected chi connectivity index (χ0v) is 11.4. The van der Waals surface area contributed by atoms with Crippen molar-refractivity contribution in [1.29, 1.82) is 0 Å². The van der Waals surface area contributed by atoms with Crippen molar-refractivity contribution < 1.29 is 19.4 Å². The fraction of sp³-hybridized carbons (Fsp3) is 0.846. The molecule has 0 heterocycles. The van der Waals surface area contributed by atoms with Crippen LogP contribution in [-0.2, 0) is 14.3 Å². The molecule has 0 aliphatic heterocycles. The lowest BCUT2D eigenvalue weighted by Gasteiger charge is -2.22. The molecular weight excluding hydrogens is 220 g/mol. The number of ether oxygens (including phenoxy) is 1. The Morgan fingerprint density at radius 3 is 2.06 bits per heavy atom. The van der Waals surface area contributed by atoms with Crippen molar-refractivity contribution in [3.63, 3.8) is 0 Å². The molecule has 0 aliphatic carbocycles. The van der Waals surface area contributed by atoms with E-state index >= 15 is 0 Å². The molecule has 4 heteroatoms. The number of Topliss-reactive ketones (excluding diaryl/α,β-unsaturated/α-hetero) is 1. The molecule has 4 nitrogen and oxygen atoms in total. The van der Waals surface area contributed by atoms with Gasteiger partial charge in [0.2, 0.25) is 0 Å². The average Bonchev–Trinajstić information content (AvgIpc) is 2.34. The Kier molecular flexibility index (Phi) is 7.04. The van der Waals surface area contributed by atoms with Crippen molar-refractivity contribution in [2.24, 2.45) is 11.8 Å². The minimum absolute atomic E-state index is 0.0778. The molecule has 0 aromatic heterocycles. The Labute approximate surface area is 103 Å². The number of hydrogen-bond acceptors (Lipinski definition) is 4. The van der Waals surface area contributed by atoms with Crippen LogP contribution >= 0.6 is 0 Å². The zero-order chi connectivity index (χ0) is 13.6. The Morgan fingerprint density at radius 1 is 1.12 bits per heavy atom. The van der Waals surface area contributed by atoms with Crippen molar-refractivity contribution in [2.45, 2.75) is 59.7 Å². The predicted molar refractivity (Wildman–Crippen MR) is 65.5 cm³/mol. The van der Waals surface area contributed by atoms with Crippen LogP contribution in [0.15, 0.2) is 0 Å². The van der Waals surface area contributed by atoms with Gasteiger partial charge in [-0.05, 0) is 20.3 Å². The summed E-state index contributed by atoms with van der Waals surface area (Å²) >= 11 is 0. The third kappa shape index (κ3) is 4.86. The molecule has 0 aromatic carbocycles. The first-order valence-electron chi connectivity index (χ1n) is 6.26. The number of rotatable bonds is 7. The van der Waals surface area contributed by atoms with Crippen molar-refractivity contribution in [3.8, 4) is 0 Å². The van der Waals surface area contributed by atoms with Crippen LogP contribution in [0.1, 0.15) is 47.5 Å². The Balaban J connectivity index is 4.33. The molecule has 0 unspecified atom stereocenters. The summed E-state index contributed by atoms with van der Waals surface area (Å²) < 4.78 is 5.20. The number of ketones is 1. The highest BCUT2D eigenvalue weighted by atomic mass is 16.5. The van der Waals surface area contributed by atoms with Gasteiger partial charge in [0.25, 0.3) is 0 Å². The molecule has 17 heavy (non-hydrogen) atoms. The van der Waals surface area contributed by atoms with Gasteiger partial charge in [0.1, 0.15) is 11.9 Å². The Bertz CT molecular complexity index is 262. The van der Waals surface area contributed by atoms with Gasteiger partial charge in [0, 0.05) is 6.42 Å². The summed E-state index contributed by atoms with van der Waals surface area (Å²) in [5, 5.41) is 9.54. The molecule has 0 radical (unpaired) electrons. The van der Waals surface area contributed by atoms with E-state index in [0.717, 1.165) is 0 Å².